The van der Waals surface area contributed by atoms with E-state index in [0.717, 1.165) is 19.5 Å². The molecular weight excluding hydrogens is 192 g/mol. The van der Waals surface area contributed by atoms with E-state index in [4.69, 9.17) is 5.11 Å². The maximum Gasteiger partial charge on any atom is 0.220 e. The number of hydrogen-bond donors (Lipinski definition) is 3. The zero-order chi connectivity index (χ0) is 11.3. The second kappa shape index (κ2) is 5.47. The molecule has 1 fully saturated rings. The summed E-state index contributed by atoms with van der Waals surface area (Å²) in [7, 11) is 0. The molecule has 1 amide bonds. The molecule has 88 valence electrons. The number of aliphatic hydroxyl groups excluding tert-OH is 1. The number of rotatable bonds is 5. The predicted molar refractivity (Wildman–Crippen MR) is 59.5 cm³/mol. The third kappa shape index (κ3) is 4.62. The van der Waals surface area contributed by atoms with Gasteiger partial charge in [0.25, 0.3) is 0 Å². The largest absolute Gasteiger partial charge is 0.394 e. The molecule has 0 radical (unpaired) electrons. The van der Waals surface area contributed by atoms with Crippen LogP contribution in [-0.2, 0) is 4.79 Å². The quantitative estimate of drug-likeness (QED) is 0.615. The predicted octanol–water partition coefficient (Wildman–Crippen LogP) is 0.263. The highest BCUT2D eigenvalue weighted by Gasteiger charge is 2.20. The molecule has 4 nitrogen and oxygen atoms in total. The van der Waals surface area contributed by atoms with Crippen LogP contribution >= 0.6 is 0 Å². The first-order chi connectivity index (χ1) is 7.03. The molecule has 1 saturated heterocycles. The summed E-state index contributed by atoms with van der Waals surface area (Å²) in [6, 6.07) is 0. The molecule has 1 heterocycles. The summed E-state index contributed by atoms with van der Waals surface area (Å²) in [5, 5.41) is 15.1. The van der Waals surface area contributed by atoms with Gasteiger partial charge in [-0.15, -0.1) is 0 Å². The molecule has 0 saturated carbocycles. The highest BCUT2D eigenvalue weighted by Crippen LogP contribution is 2.14. The highest BCUT2D eigenvalue weighted by atomic mass is 16.3. The third-order valence-electron chi connectivity index (χ3n) is 2.82. The van der Waals surface area contributed by atoms with Crippen LogP contribution in [0.25, 0.3) is 0 Å². The van der Waals surface area contributed by atoms with Crippen LogP contribution in [0.2, 0.25) is 0 Å². The first-order valence-corrected chi connectivity index (χ1v) is 5.66. The molecule has 1 rings (SSSR count). The van der Waals surface area contributed by atoms with Gasteiger partial charge < -0.3 is 15.7 Å². The van der Waals surface area contributed by atoms with Gasteiger partial charge in [-0.1, -0.05) is 0 Å². The van der Waals surface area contributed by atoms with Gasteiger partial charge in [0.1, 0.15) is 0 Å². The monoisotopic (exact) mass is 214 g/mol. The van der Waals surface area contributed by atoms with Crippen molar-refractivity contribution < 1.29 is 9.90 Å². The topological polar surface area (TPSA) is 61.4 Å². The molecule has 1 unspecified atom stereocenters. The van der Waals surface area contributed by atoms with Crippen LogP contribution in [0.1, 0.15) is 33.1 Å². The lowest BCUT2D eigenvalue weighted by Crippen LogP contribution is -2.46. The zero-order valence-corrected chi connectivity index (χ0v) is 9.68. The molecule has 0 aliphatic carbocycles. The smallest absolute Gasteiger partial charge is 0.220 e. The van der Waals surface area contributed by atoms with Crippen LogP contribution < -0.4 is 10.6 Å². The van der Waals surface area contributed by atoms with Gasteiger partial charge in [-0.2, -0.15) is 0 Å². The minimum Gasteiger partial charge on any atom is -0.394 e. The van der Waals surface area contributed by atoms with E-state index in [1.54, 1.807) is 0 Å². The summed E-state index contributed by atoms with van der Waals surface area (Å²) in [4.78, 5) is 11.5. The Morgan fingerprint density at radius 3 is 2.87 bits per heavy atom. The van der Waals surface area contributed by atoms with Crippen molar-refractivity contribution in [3.8, 4) is 0 Å². The van der Waals surface area contributed by atoms with Crippen LogP contribution in [0.5, 0.6) is 0 Å². The average molecular weight is 214 g/mol. The normalized spacial score (nSPS) is 21.7. The standard InChI is InChI=1S/C11H22N2O2/c1-11(2,8-14)13-10(15)4-3-9-5-6-12-7-9/h9,12,14H,3-8H2,1-2H3,(H,13,15). The van der Waals surface area contributed by atoms with Crippen LogP contribution in [0.15, 0.2) is 0 Å². The first-order valence-electron chi connectivity index (χ1n) is 5.66. The van der Waals surface area contributed by atoms with E-state index in [1.165, 1.54) is 6.42 Å². The van der Waals surface area contributed by atoms with Crippen molar-refractivity contribution in [3.63, 3.8) is 0 Å². The van der Waals surface area contributed by atoms with Crippen molar-refractivity contribution in [3.05, 3.63) is 0 Å². The Morgan fingerprint density at radius 2 is 2.33 bits per heavy atom. The van der Waals surface area contributed by atoms with Crippen molar-refractivity contribution in [2.45, 2.75) is 38.6 Å². The van der Waals surface area contributed by atoms with Gasteiger partial charge in [-0.05, 0) is 45.7 Å². The Kier molecular flexibility index (Phi) is 4.54. The van der Waals surface area contributed by atoms with Crippen LogP contribution in [0, 0.1) is 5.92 Å². The van der Waals surface area contributed by atoms with Crippen molar-refractivity contribution in [2.24, 2.45) is 5.92 Å². The lowest BCUT2D eigenvalue weighted by molar-refractivity contribution is -0.123. The van der Waals surface area contributed by atoms with Gasteiger partial charge in [0.2, 0.25) is 5.91 Å². The van der Waals surface area contributed by atoms with Gasteiger partial charge in [0, 0.05) is 6.42 Å². The Labute approximate surface area is 91.4 Å². The van der Waals surface area contributed by atoms with Crippen molar-refractivity contribution in [2.75, 3.05) is 19.7 Å². The lowest BCUT2D eigenvalue weighted by atomic mass is 10.0. The number of amides is 1. The number of aliphatic hydroxyl groups is 1. The van der Waals surface area contributed by atoms with Crippen LogP contribution in [-0.4, -0.2) is 36.2 Å². The molecule has 0 aromatic carbocycles. The fraction of sp³-hybridized carbons (Fsp3) is 0.909. The number of carbonyl (C=O) groups is 1. The molecule has 0 aromatic heterocycles. The van der Waals surface area contributed by atoms with Crippen LogP contribution in [0.3, 0.4) is 0 Å². The minimum atomic E-state index is -0.495. The summed E-state index contributed by atoms with van der Waals surface area (Å²) in [5.41, 5.74) is -0.495. The Balaban J connectivity index is 2.18. The maximum absolute atomic E-state index is 11.5. The van der Waals surface area contributed by atoms with E-state index in [1.807, 2.05) is 13.8 Å². The van der Waals surface area contributed by atoms with E-state index in [9.17, 15) is 4.79 Å². The SMILES string of the molecule is CC(C)(CO)NC(=O)CCC1CCNC1. The summed E-state index contributed by atoms with van der Waals surface area (Å²) in [6.45, 7) is 5.73. The summed E-state index contributed by atoms with van der Waals surface area (Å²) < 4.78 is 0. The second-order valence-corrected chi connectivity index (χ2v) is 4.99. The molecule has 15 heavy (non-hydrogen) atoms. The molecule has 4 heteroatoms. The molecule has 0 spiro atoms. The summed E-state index contributed by atoms with van der Waals surface area (Å²) in [5.74, 6) is 0.689. The second-order valence-electron chi connectivity index (χ2n) is 4.99. The van der Waals surface area contributed by atoms with Crippen molar-refractivity contribution in [1.29, 1.82) is 0 Å². The van der Waals surface area contributed by atoms with E-state index < -0.39 is 5.54 Å². The number of nitrogens with one attached hydrogen (secondary N) is 2. The minimum absolute atomic E-state index is 0.0241. The maximum atomic E-state index is 11.5. The molecule has 1 atom stereocenters. The average Bonchev–Trinajstić information content (AvgIpc) is 2.66. The Bertz CT molecular complexity index is 211. The van der Waals surface area contributed by atoms with E-state index in [2.05, 4.69) is 10.6 Å². The fourth-order valence-corrected chi connectivity index (χ4v) is 1.78. The van der Waals surface area contributed by atoms with Gasteiger partial charge in [-0.25, -0.2) is 0 Å². The highest BCUT2D eigenvalue weighted by molar-refractivity contribution is 5.76. The van der Waals surface area contributed by atoms with Gasteiger partial charge >= 0.3 is 0 Å². The summed E-state index contributed by atoms with van der Waals surface area (Å²) >= 11 is 0. The molecule has 0 bridgehead atoms. The van der Waals surface area contributed by atoms with Crippen molar-refractivity contribution in [1.82, 2.24) is 10.6 Å². The zero-order valence-electron chi connectivity index (χ0n) is 9.68. The lowest BCUT2D eigenvalue weighted by Gasteiger charge is -2.23. The number of carbonyl (C=O) groups excluding carboxylic acids is 1. The Morgan fingerprint density at radius 1 is 1.60 bits per heavy atom. The van der Waals surface area contributed by atoms with Crippen molar-refractivity contribution >= 4 is 5.91 Å². The summed E-state index contributed by atoms with van der Waals surface area (Å²) in [6.07, 6.45) is 2.69. The van der Waals surface area contributed by atoms with Crippen LogP contribution in [0.4, 0.5) is 0 Å². The third-order valence-corrected chi connectivity index (χ3v) is 2.82. The number of hydrogen-bond acceptors (Lipinski definition) is 3. The van der Waals surface area contributed by atoms with Gasteiger partial charge in [-0.3, -0.25) is 4.79 Å². The van der Waals surface area contributed by atoms with E-state index in [-0.39, 0.29) is 12.5 Å². The van der Waals surface area contributed by atoms with E-state index in [0.29, 0.717) is 12.3 Å². The molecule has 1 aliphatic heterocycles. The van der Waals surface area contributed by atoms with Gasteiger partial charge in [0.05, 0.1) is 12.1 Å². The fourth-order valence-electron chi connectivity index (χ4n) is 1.78. The first kappa shape index (κ1) is 12.5. The van der Waals surface area contributed by atoms with E-state index >= 15 is 0 Å². The molecule has 0 aromatic rings. The Hall–Kier alpha value is -0.610. The molecule has 1 aliphatic rings. The molecule has 3 N–H and O–H groups in total. The van der Waals surface area contributed by atoms with Gasteiger partial charge in [0.15, 0.2) is 0 Å². The molecular formula is C11H22N2O2.